The summed E-state index contributed by atoms with van der Waals surface area (Å²) < 4.78 is 5.47. The van der Waals surface area contributed by atoms with Crippen LogP contribution in [0, 0.1) is 0 Å². The second kappa shape index (κ2) is 5.98. The zero-order valence-electron chi connectivity index (χ0n) is 9.68. The lowest BCUT2D eigenvalue weighted by Gasteiger charge is -2.08. The van der Waals surface area contributed by atoms with Gasteiger partial charge in [0.15, 0.2) is 0 Å². The van der Waals surface area contributed by atoms with Crippen LogP contribution < -0.4 is 10.5 Å². The molecule has 90 valence electrons. The Kier molecular flexibility index (Phi) is 4.34. The molecule has 2 rings (SSSR count). The fraction of sp³-hybridized carbons (Fsp3) is 0.231. The van der Waals surface area contributed by atoms with Crippen LogP contribution in [-0.2, 0) is 5.75 Å². The quantitative estimate of drug-likeness (QED) is 0.655. The van der Waals surface area contributed by atoms with Crippen LogP contribution in [0.15, 0.2) is 39.9 Å². The average Bonchev–Trinajstić information content (AvgIpc) is 2.83. The molecule has 2 nitrogen and oxygen atoms in total. The van der Waals surface area contributed by atoms with Crippen LogP contribution in [0.4, 0.5) is 5.69 Å². The number of hydrogen-bond acceptors (Lipinski definition) is 4. The summed E-state index contributed by atoms with van der Waals surface area (Å²) in [4.78, 5) is 1.09. The van der Waals surface area contributed by atoms with Crippen molar-refractivity contribution in [3.05, 3.63) is 40.6 Å². The Bertz CT molecular complexity index is 468. The third-order valence-corrected chi connectivity index (χ3v) is 4.14. The van der Waals surface area contributed by atoms with Crippen LogP contribution in [0.3, 0.4) is 0 Å². The second-order valence-electron chi connectivity index (χ2n) is 3.55. The van der Waals surface area contributed by atoms with Crippen molar-refractivity contribution in [3.8, 4) is 5.75 Å². The van der Waals surface area contributed by atoms with E-state index in [4.69, 9.17) is 10.5 Å². The zero-order valence-corrected chi connectivity index (χ0v) is 11.3. The van der Waals surface area contributed by atoms with Crippen molar-refractivity contribution in [2.24, 2.45) is 0 Å². The van der Waals surface area contributed by atoms with Gasteiger partial charge in [-0.25, -0.2) is 0 Å². The van der Waals surface area contributed by atoms with E-state index in [1.54, 1.807) is 23.1 Å². The predicted molar refractivity (Wildman–Crippen MR) is 75.9 cm³/mol. The largest absolute Gasteiger partial charge is 0.494 e. The van der Waals surface area contributed by atoms with Crippen molar-refractivity contribution in [2.75, 3.05) is 12.3 Å². The molecular weight excluding hydrogens is 250 g/mol. The van der Waals surface area contributed by atoms with E-state index in [1.165, 1.54) is 5.56 Å². The molecular formula is C13H15NOS2. The first-order valence-electron chi connectivity index (χ1n) is 5.46. The number of thioether (sulfide) groups is 1. The summed E-state index contributed by atoms with van der Waals surface area (Å²) in [5.41, 5.74) is 8.10. The van der Waals surface area contributed by atoms with Crippen molar-refractivity contribution in [1.29, 1.82) is 0 Å². The van der Waals surface area contributed by atoms with Gasteiger partial charge in [-0.15, -0.1) is 11.8 Å². The van der Waals surface area contributed by atoms with Crippen LogP contribution in [0.5, 0.6) is 5.75 Å². The Morgan fingerprint density at radius 3 is 2.94 bits per heavy atom. The maximum Gasteiger partial charge on any atom is 0.120 e. The lowest BCUT2D eigenvalue weighted by atomic mass is 10.3. The molecule has 1 heterocycles. The summed E-state index contributed by atoms with van der Waals surface area (Å²) in [6, 6.07) is 7.96. The molecule has 1 aromatic carbocycles. The van der Waals surface area contributed by atoms with Crippen molar-refractivity contribution in [2.45, 2.75) is 17.6 Å². The maximum absolute atomic E-state index is 5.95. The fourth-order valence-electron chi connectivity index (χ4n) is 1.43. The van der Waals surface area contributed by atoms with Gasteiger partial charge in [-0.05, 0) is 47.5 Å². The molecule has 0 fully saturated rings. The van der Waals surface area contributed by atoms with E-state index in [0.29, 0.717) is 6.61 Å². The molecule has 4 heteroatoms. The number of ether oxygens (including phenoxy) is 1. The molecule has 0 saturated carbocycles. The van der Waals surface area contributed by atoms with E-state index in [0.717, 1.165) is 22.1 Å². The Balaban J connectivity index is 2.06. The van der Waals surface area contributed by atoms with Crippen molar-refractivity contribution >= 4 is 28.8 Å². The predicted octanol–water partition coefficient (Wildman–Crippen LogP) is 4.02. The summed E-state index contributed by atoms with van der Waals surface area (Å²) in [6.07, 6.45) is 0. The molecule has 2 aromatic rings. The smallest absolute Gasteiger partial charge is 0.120 e. The van der Waals surface area contributed by atoms with Gasteiger partial charge < -0.3 is 10.5 Å². The Morgan fingerprint density at radius 2 is 2.24 bits per heavy atom. The Hall–Kier alpha value is -1.13. The molecule has 1 aromatic heterocycles. The first kappa shape index (κ1) is 12.3. The third kappa shape index (κ3) is 3.41. The minimum atomic E-state index is 0.679. The minimum absolute atomic E-state index is 0.679. The third-order valence-electron chi connectivity index (χ3n) is 2.27. The molecule has 0 atom stereocenters. The number of nitrogens with two attached hydrogens (primary N) is 1. The fourth-order valence-corrected chi connectivity index (χ4v) is 3.14. The highest BCUT2D eigenvalue weighted by Gasteiger charge is 2.03. The molecule has 0 aliphatic heterocycles. The molecule has 2 N–H and O–H groups in total. The van der Waals surface area contributed by atoms with Gasteiger partial charge in [-0.3, -0.25) is 0 Å². The number of nitrogen functional groups attached to an aromatic ring is 1. The minimum Gasteiger partial charge on any atom is -0.494 e. The van der Waals surface area contributed by atoms with Crippen molar-refractivity contribution in [1.82, 2.24) is 0 Å². The van der Waals surface area contributed by atoms with Gasteiger partial charge in [-0.2, -0.15) is 11.3 Å². The van der Waals surface area contributed by atoms with Crippen LogP contribution in [0.2, 0.25) is 0 Å². The standard InChI is InChI=1S/C13H15NOS2/c1-2-15-11-3-4-12(14)13(7-11)17-9-10-5-6-16-8-10/h3-8H,2,9,14H2,1H3. The molecule has 0 radical (unpaired) electrons. The second-order valence-corrected chi connectivity index (χ2v) is 5.35. The average molecular weight is 265 g/mol. The summed E-state index contributed by atoms with van der Waals surface area (Å²) >= 11 is 3.47. The van der Waals surface area contributed by atoms with E-state index in [-0.39, 0.29) is 0 Å². The van der Waals surface area contributed by atoms with E-state index < -0.39 is 0 Å². The van der Waals surface area contributed by atoms with Gasteiger partial charge in [-0.1, -0.05) is 0 Å². The lowest BCUT2D eigenvalue weighted by molar-refractivity contribution is 0.339. The molecule has 0 bridgehead atoms. The van der Waals surface area contributed by atoms with Gasteiger partial charge in [0.2, 0.25) is 0 Å². The van der Waals surface area contributed by atoms with Gasteiger partial charge in [0.05, 0.1) is 6.61 Å². The zero-order chi connectivity index (χ0) is 12.1. The molecule has 0 amide bonds. The van der Waals surface area contributed by atoms with Crippen molar-refractivity contribution < 1.29 is 4.74 Å². The van der Waals surface area contributed by atoms with Gasteiger partial charge in [0.1, 0.15) is 5.75 Å². The normalized spacial score (nSPS) is 10.4. The van der Waals surface area contributed by atoms with Gasteiger partial charge >= 0.3 is 0 Å². The molecule has 17 heavy (non-hydrogen) atoms. The molecule has 0 aliphatic carbocycles. The first-order valence-corrected chi connectivity index (χ1v) is 7.38. The highest BCUT2D eigenvalue weighted by molar-refractivity contribution is 7.98. The van der Waals surface area contributed by atoms with Crippen LogP contribution in [-0.4, -0.2) is 6.61 Å². The van der Waals surface area contributed by atoms with Crippen molar-refractivity contribution in [3.63, 3.8) is 0 Å². The summed E-state index contributed by atoms with van der Waals surface area (Å²) in [5, 5.41) is 4.26. The highest BCUT2D eigenvalue weighted by atomic mass is 32.2. The molecule has 0 spiro atoms. The van der Waals surface area contributed by atoms with E-state index in [2.05, 4.69) is 16.8 Å². The topological polar surface area (TPSA) is 35.2 Å². The molecule has 0 unspecified atom stereocenters. The number of hydrogen-bond donors (Lipinski definition) is 1. The Morgan fingerprint density at radius 1 is 1.35 bits per heavy atom. The first-order chi connectivity index (χ1) is 8.29. The van der Waals surface area contributed by atoms with Crippen LogP contribution in [0.25, 0.3) is 0 Å². The SMILES string of the molecule is CCOc1ccc(N)c(SCc2ccsc2)c1. The number of thiophene rings is 1. The highest BCUT2D eigenvalue weighted by Crippen LogP contribution is 2.31. The molecule has 0 saturated heterocycles. The van der Waals surface area contributed by atoms with E-state index in [1.807, 2.05) is 25.1 Å². The number of benzene rings is 1. The molecule has 0 aliphatic rings. The van der Waals surface area contributed by atoms with Gasteiger partial charge in [0.25, 0.3) is 0 Å². The Labute approximate surface area is 110 Å². The summed E-state index contributed by atoms with van der Waals surface area (Å²) in [6.45, 7) is 2.66. The number of anilines is 1. The van der Waals surface area contributed by atoms with Crippen LogP contribution >= 0.6 is 23.1 Å². The van der Waals surface area contributed by atoms with Crippen LogP contribution in [0.1, 0.15) is 12.5 Å². The number of rotatable bonds is 5. The van der Waals surface area contributed by atoms with Gasteiger partial charge in [0, 0.05) is 16.3 Å². The summed E-state index contributed by atoms with van der Waals surface area (Å²) in [5.74, 6) is 1.83. The monoisotopic (exact) mass is 265 g/mol. The lowest BCUT2D eigenvalue weighted by Crippen LogP contribution is -1.94. The van der Waals surface area contributed by atoms with E-state index in [9.17, 15) is 0 Å². The van der Waals surface area contributed by atoms with E-state index >= 15 is 0 Å². The maximum atomic E-state index is 5.95. The summed E-state index contributed by atoms with van der Waals surface area (Å²) in [7, 11) is 0.